The van der Waals surface area contributed by atoms with Crippen molar-refractivity contribution in [2.75, 3.05) is 21.3 Å². The molecule has 0 spiro atoms. The lowest BCUT2D eigenvalue weighted by atomic mass is 10.0. The molecule has 5 nitrogen and oxygen atoms in total. The van der Waals surface area contributed by atoms with E-state index in [1.807, 2.05) is 19.2 Å². The Morgan fingerprint density at radius 1 is 1.32 bits per heavy atom. The molecular weight excluding hydrogens is 310 g/mol. The van der Waals surface area contributed by atoms with E-state index in [1.54, 1.807) is 26.6 Å². The Labute approximate surface area is 120 Å². The molecule has 1 atom stereocenters. The van der Waals surface area contributed by atoms with Gasteiger partial charge in [-0.25, -0.2) is 4.98 Å². The van der Waals surface area contributed by atoms with Crippen LogP contribution >= 0.6 is 15.9 Å². The van der Waals surface area contributed by atoms with Crippen molar-refractivity contribution in [3.63, 3.8) is 0 Å². The van der Waals surface area contributed by atoms with Crippen LogP contribution < -0.4 is 14.8 Å². The minimum Gasteiger partial charge on any atom is -0.495 e. The van der Waals surface area contributed by atoms with Crippen molar-refractivity contribution < 1.29 is 9.47 Å². The van der Waals surface area contributed by atoms with Crippen LogP contribution in [0.3, 0.4) is 0 Å². The van der Waals surface area contributed by atoms with E-state index < -0.39 is 0 Å². The minimum absolute atomic E-state index is 0.0767. The molecule has 1 heterocycles. The highest BCUT2D eigenvalue weighted by Gasteiger charge is 2.22. The Morgan fingerprint density at radius 2 is 2.11 bits per heavy atom. The summed E-state index contributed by atoms with van der Waals surface area (Å²) in [6.45, 7) is 0. The van der Waals surface area contributed by atoms with Crippen LogP contribution in [0.2, 0.25) is 0 Å². The predicted octanol–water partition coefficient (Wildman–Crippen LogP) is 2.50. The van der Waals surface area contributed by atoms with Gasteiger partial charge < -0.3 is 19.8 Å². The average molecular weight is 326 g/mol. The Bertz CT molecular complexity index is 543. The summed E-state index contributed by atoms with van der Waals surface area (Å²) in [5.74, 6) is 2.29. The number of imidazole rings is 1. The van der Waals surface area contributed by atoms with E-state index in [2.05, 4.69) is 31.2 Å². The third-order valence-electron chi connectivity index (χ3n) is 2.91. The quantitative estimate of drug-likeness (QED) is 0.886. The van der Waals surface area contributed by atoms with Gasteiger partial charge >= 0.3 is 0 Å². The zero-order valence-electron chi connectivity index (χ0n) is 11.0. The number of methoxy groups -OCH3 is 2. The van der Waals surface area contributed by atoms with Crippen molar-refractivity contribution in [1.82, 2.24) is 15.3 Å². The normalized spacial score (nSPS) is 12.2. The van der Waals surface area contributed by atoms with Crippen molar-refractivity contribution >= 4 is 15.9 Å². The predicted molar refractivity (Wildman–Crippen MR) is 76.7 cm³/mol. The van der Waals surface area contributed by atoms with Crippen LogP contribution in [-0.2, 0) is 0 Å². The highest BCUT2D eigenvalue weighted by atomic mass is 79.9. The molecule has 0 aliphatic carbocycles. The lowest BCUT2D eigenvalue weighted by molar-refractivity contribution is 0.383. The molecule has 0 fully saturated rings. The number of aromatic nitrogens is 2. The second kappa shape index (κ2) is 6.08. The molecular formula is C13H16BrN3O2. The number of ether oxygens (including phenoxy) is 2. The Balaban J connectivity index is 2.52. The molecule has 102 valence electrons. The van der Waals surface area contributed by atoms with Crippen molar-refractivity contribution in [2.24, 2.45) is 0 Å². The minimum atomic E-state index is -0.0767. The molecule has 0 radical (unpaired) electrons. The summed E-state index contributed by atoms with van der Waals surface area (Å²) in [6.07, 6.45) is 3.52. The number of aromatic amines is 1. The van der Waals surface area contributed by atoms with Crippen LogP contribution in [0, 0.1) is 0 Å². The van der Waals surface area contributed by atoms with E-state index in [-0.39, 0.29) is 6.04 Å². The molecule has 2 rings (SSSR count). The van der Waals surface area contributed by atoms with E-state index in [9.17, 15) is 0 Å². The van der Waals surface area contributed by atoms with Crippen LogP contribution in [0.5, 0.6) is 11.5 Å². The molecule has 0 saturated carbocycles. The highest BCUT2D eigenvalue weighted by molar-refractivity contribution is 9.10. The van der Waals surface area contributed by atoms with Gasteiger partial charge in [-0.1, -0.05) is 0 Å². The molecule has 1 aromatic heterocycles. The zero-order chi connectivity index (χ0) is 13.8. The molecule has 6 heteroatoms. The summed E-state index contributed by atoms with van der Waals surface area (Å²) >= 11 is 3.50. The maximum atomic E-state index is 5.49. The first kappa shape index (κ1) is 13.9. The van der Waals surface area contributed by atoms with Crippen LogP contribution in [0.1, 0.15) is 17.4 Å². The summed E-state index contributed by atoms with van der Waals surface area (Å²) in [4.78, 5) is 7.40. The first-order chi connectivity index (χ1) is 9.22. The number of nitrogens with one attached hydrogen (secondary N) is 2. The van der Waals surface area contributed by atoms with Crippen molar-refractivity contribution in [1.29, 1.82) is 0 Å². The molecule has 0 aliphatic rings. The van der Waals surface area contributed by atoms with Crippen molar-refractivity contribution in [2.45, 2.75) is 6.04 Å². The molecule has 1 unspecified atom stereocenters. The molecule has 0 amide bonds. The third kappa shape index (κ3) is 2.59. The van der Waals surface area contributed by atoms with Gasteiger partial charge in [-0.2, -0.15) is 0 Å². The number of rotatable bonds is 5. The van der Waals surface area contributed by atoms with E-state index in [1.165, 1.54) is 0 Å². The Hall–Kier alpha value is -1.53. The average Bonchev–Trinajstić information content (AvgIpc) is 2.94. The van der Waals surface area contributed by atoms with E-state index >= 15 is 0 Å². The lowest BCUT2D eigenvalue weighted by Gasteiger charge is -2.19. The lowest BCUT2D eigenvalue weighted by Crippen LogP contribution is -2.20. The zero-order valence-corrected chi connectivity index (χ0v) is 12.6. The van der Waals surface area contributed by atoms with Crippen LogP contribution in [0.25, 0.3) is 0 Å². The number of H-pyrrole nitrogens is 1. The Morgan fingerprint density at radius 3 is 2.63 bits per heavy atom. The summed E-state index contributed by atoms with van der Waals surface area (Å²) < 4.78 is 11.6. The number of nitrogens with zero attached hydrogens (tertiary/aromatic N) is 1. The fourth-order valence-electron chi connectivity index (χ4n) is 2.02. The van der Waals surface area contributed by atoms with Gasteiger partial charge in [-0.3, -0.25) is 0 Å². The smallest absolute Gasteiger partial charge is 0.142 e. The summed E-state index contributed by atoms with van der Waals surface area (Å²) in [6, 6.07) is 3.79. The maximum absolute atomic E-state index is 5.49. The molecule has 0 bridgehead atoms. The maximum Gasteiger partial charge on any atom is 0.142 e. The van der Waals surface area contributed by atoms with Gasteiger partial charge in [0.05, 0.1) is 20.3 Å². The topological polar surface area (TPSA) is 59.2 Å². The van der Waals surface area contributed by atoms with Crippen LogP contribution in [-0.4, -0.2) is 31.2 Å². The molecule has 0 saturated heterocycles. The number of halogens is 1. The van der Waals surface area contributed by atoms with Gasteiger partial charge in [-0.05, 0) is 35.1 Å². The van der Waals surface area contributed by atoms with Crippen molar-refractivity contribution in [3.8, 4) is 11.5 Å². The van der Waals surface area contributed by atoms with Crippen LogP contribution in [0.4, 0.5) is 0 Å². The second-order valence-electron chi connectivity index (χ2n) is 3.90. The molecule has 1 aromatic carbocycles. The Kier molecular flexibility index (Phi) is 4.44. The van der Waals surface area contributed by atoms with Gasteiger partial charge in [0.2, 0.25) is 0 Å². The summed E-state index contributed by atoms with van der Waals surface area (Å²) in [7, 11) is 5.14. The largest absolute Gasteiger partial charge is 0.495 e. The SMILES string of the molecule is CNC(c1ncc[nH]1)c1ccc(OC)c(Br)c1OC. The first-order valence-corrected chi connectivity index (χ1v) is 6.59. The number of hydrogen-bond donors (Lipinski definition) is 2. The molecule has 2 N–H and O–H groups in total. The molecule has 2 aromatic rings. The molecule has 0 aliphatic heterocycles. The summed E-state index contributed by atoms with van der Waals surface area (Å²) in [5, 5.41) is 3.22. The monoisotopic (exact) mass is 325 g/mol. The van der Waals surface area contributed by atoms with Gasteiger partial charge in [0.25, 0.3) is 0 Å². The standard InChI is InChI=1S/C13H16BrN3O2/c1-15-11(13-16-6-7-17-13)8-4-5-9(18-2)10(14)12(8)19-3/h4-7,11,15H,1-3H3,(H,16,17). The second-order valence-corrected chi connectivity index (χ2v) is 4.69. The highest BCUT2D eigenvalue weighted by Crippen LogP contribution is 2.40. The third-order valence-corrected chi connectivity index (χ3v) is 3.66. The molecule has 19 heavy (non-hydrogen) atoms. The van der Waals surface area contributed by atoms with E-state index in [0.717, 1.165) is 27.4 Å². The number of benzene rings is 1. The van der Waals surface area contributed by atoms with Crippen LogP contribution in [0.15, 0.2) is 29.0 Å². The number of hydrogen-bond acceptors (Lipinski definition) is 4. The van der Waals surface area contributed by atoms with Gasteiger partial charge in [-0.15, -0.1) is 0 Å². The first-order valence-electron chi connectivity index (χ1n) is 5.79. The van der Waals surface area contributed by atoms with E-state index in [4.69, 9.17) is 9.47 Å². The fraction of sp³-hybridized carbons (Fsp3) is 0.308. The van der Waals surface area contributed by atoms with E-state index in [0.29, 0.717) is 0 Å². The summed E-state index contributed by atoms with van der Waals surface area (Å²) in [5.41, 5.74) is 0.979. The van der Waals surface area contributed by atoms with Crippen molar-refractivity contribution in [3.05, 3.63) is 40.4 Å². The van der Waals surface area contributed by atoms with Gasteiger partial charge in [0.15, 0.2) is 0 Å². The van der Waals surface area contributed by atoms with Gasteiger partial charge in [0, 0.05) is 18.0 Å². The van der Waals surface area contributed by atoms with Gasteiger partial charge in [0.1, 0.15) is 21.8 Å². The fourth-order valence-corrected chi connectivity index (χ4v) is 2.71.